The van der Waals surface area contributed by atoms with Crippen LogP contribution in [0, 0.1) is 20.2 Å². The van der Waals surface area contributed by atoms with Gasteiger partial charge in [0.15, 0.2) is 5.82 Å². The van der Waals surface area contributed by atoms with E-state index in [-0.39, 0.29) is 17.3 Å². The summed E-state index contributed by atoms with van der Waals surface area (Å²) in [5.41, 5.74) is -0.117. The Morgan fingerprint density at radius 1 is 1.04 bits per heavy atom. The van der Waals surface area contributed by atoms with Gasteiger partial charge in [-0.05, 0) is 31.7 Å². The molecule has 10 nitrogen and oxygen atoms in total. The third-order valence-corrected chi connectivity index (χ3v) is 4.95. The van der Waals surface area contributed by atoms with Crippen LogP contribution in [0.1, 0.15) is 49.2 Å². The van der Waals surface area contributed by atoms with Crippen molar-refractivity contribution in [2.75, 3.05) is 18.0 Å². The van der Waals surface area contributed by atoms with Gasteiger partial charge < -0.3 is 9.42 Å². The largest absolute Gasteiger partial charge is 0.366 e. The first-order chi connectivity index (χ1) is 12.5. The summed E-state index contributed by atoms with van der Waals surface area (Å²) >= 11 is 0. The van der Waals surface area contributed by atoms with Gasteiger partial charge >= 0.3 is 0 Å². The number of piperidine rings is 1. The van der Waals surface area contributed by atoms with E-state index in [2.05, 4.69) is 10.1 Å². The molecule has 1 aliphatic heterocycles. The number of rotatable bonds is 5. The number of hydrogen-bond donors (Lipinski definition) is 0. The topological polar surface area (TPSA) is 128 Å². The van der Waals surface area contributed by atoms with Crippen LogP contribution in [0.15, 0.2) is 22.7 Å². The van der Waals surface area contributed by atoms with Crippen LogP contribution in [0.2, 0.25) is 0 Å². The molecule has 2 aliphatic rings. The Hall–Kier alpha value is -3.04. The highest BCUT2D eigenvalue weighted by atomic mass is 16.6. The lowest BCUT2D eigenvalue weighted by Gasteiger charge is -2.31. The van der Waals surface area contributed by atoms with E-state index >= 15 is 0 Å². The zero-order valence-corrected chi connectivity index (χ0v) is 13.9. The molecular weight excluding hydrogens is 342 g/mol. The van der Waals surface area contributed by atoms with Crippen LogP contribution in [-0.4, -0.2) is 33.1 Å². The number of non-ortho nitro benzene ring substituents is 1. The van der Waals surface area contributed by atoms with Crippen LogP contribution in [0.4, 0.5) is 17.1 Å². The molecule has 136 valence electrons. The molecule has 0 spiro atoms. The first kappa shape index (κ1) is 16.4. The third-order valence-electron chi connectivity index (χ3n) is 4.95. The van der Waals surface area contributed by atoms with Crippen LogP contribution >= 0.6 is 0 Å². The Bertz CT molecular complexity index is 854. The van der Waals surface area contributed by atoms with Crippen molar-refractivity contribution >= 4 is 17.1 Å². The highest BCUT2D eigenvalue weighted by molar-refractivity contribution is 5.67. The summed E-state index contributed by atoms with van der Waals surface area (Å²) < 4.78 is 5.31. The lowest BCUT2D eigenvalue weighted by molar-refractivity contribution is -0.393. The van der Waals surface area contributed by atoms with Crippen molar-refractivity contribution in [3.8, 4) is 0 Å². The average molecular weight is 359 g/mol. The number of nitro benzene ring substituents is 2. The summed E-state index contributed by atoms with van der Waals surface area (Å²) in [7, 11) is 0. The molecule has 2 heterocycles. The van der Waals surface area contributed by atoms with E-state index in [1.807, 2.05) is 4.90 Å². The van der Waals surface area contributed by atoms with Crippen LogP contribution in [0.25, 0.3) is 0 Å². The molecule has 2 aromatic rings. The van der Waals surface area contributed by atoms with Gasteiger partial charge in [-0.3, -0.25) is 20.2 Å². The zero-order valence-electron chi connectivity index (χ0n) is 13.9. The predicted molar refractivity (Wildman–Crippen MR) is 90.2 cm³/mol. The monoisotopic (exact) mass is 359 g/mol. The number of aromatic nitrogens is 2. The maximum Gasteiger partial charge on any atom is 0.299 e. The molecule has 4 rings (SSSR count). The Labute approximate surface area is 148 Å². The van der Waals surface area contributed by atoms with Gasteiger partial charge in [0.05, 0.1) is 15.9 Å². The molecule has 1 saturated heterocycles. The molecule has 0 unspecified atom stereocenters. The minimum absolute atomic E-state index is 0.166. The minimum Gasteiger partial charge on any atom is -0.366 e. The number of hydrogen-bond acceptors (Lipinski definition) is 8. The second-order valence-corrected chi connectivity index (χ2v) is 6.71. The minimum atomic E-state index is -0.628. The fourth-order valence-corrected chi connectivity index (χ4v) is 3.33. The number of anilines is 1. The molecule has 26 heavy (non-hydrogen) atoms. The van der Waals surface area contributed by atoms with E-state index in [0.717, 1.165) is 31.7 Å². The lowest BCUT2D eigenvalue weighted by Crippen LogP contribution is -2.33. The second-order valence-electron chi connectivity index (χ2n) is 6.71. The summed E-state index contributed by atoms with van der Waals surface area (Å²) in [6.45, 7) is 1.19. The summed E-state index contributed by atoms with van der Waals surface area (Å²) in [6.07, 6.45) is 3.70. The molecule has 0 radical (unpaired) electrons. The van der Waals surface area contributed by atoms with Gasteiger partial charge in [-0.2, -0.15) is 4.98 Å². The lowest BCUT2D eigenvalue weighted by atomic mass is 9.95. The van der Waals surface area contributed by atoms with Crippen LogP contribution < -0.4 is 4.90 Å². The summed E-state index contributed by atoms with van der Waals surface area (Å²) in [5.74, 6) is 2.01. The van der Waals surface area contributed by atoms with Crippen LogP contribution in [0.5, 0.6) is 0 Å². The quantitative estimate of drug-likeness (QED) is 0.588. The van der Waals surface area contributed by atoms with E-state index in [9.17, 15) is 20.2 Å². The maximum atomic E-state index is 11.3. The molecule has 0 atom stereocenters. The SMILES string of the molecule is O=[N+]([O-])c1ccc(N2CCC(c3noc(C4CC4)n3)CC2)c([N+](=O)[O-])c1. The molecule has 1 aliphatic carbocycles. The normalized spacial score (nSPS) is 18.1. The van der Waals surface area contributed by atoms with Crippen molar-refractivity contribution in [1.82, 2.24) is 10.1 Å². The highest BCUT2D eigenvalue weighted by Crippen LogP contribution is 2.40. The maximum absolute atomic E-state index is 11.3. The van der Waals surface area contributed by atoms with E-state index in [4.69, 9.17) is 4.52 Å². The molecule has 10 heteroatoms. The summed E-state index contributed by atoms with van der Waals surface area (Å²) in [5, 5.41) is 26.3. The van der Waals surface area contributed by atoms with E-state index in [1.54, 1.807) is 0 Å². The van der Waals surface area contributed by atoms with E-state index in [0.29, 0.717) is 36.4 Å². The van der Waals surface area contributed by atoms with Crippen molar-refractivity contribution in [1.29, 1.82) is 0 Å². The van der Waals surface area contributed by atoms with Crippen molar-refractivity contribution in [3.05, 3.63) is 50.1 Å². The van der Waals surface area contributed by atoms with Gasteiger partial charge in [0.2, 0.25) is 5.89 Å². The van der Waals surface area contributed by atoms with E-state index < -0.39 is 9.85 Å². The summed E-state index contributed by atoms with van der Waals surface area (Å²) in [4.78, 5) is 27.4. The van der Waals surface area contributed by atoms with Crippen molar-refractivity contribution in [2.24, 2.45) is 0 Å². The van der Waals surface area contributed by atoms with Gasteiger partial charge in [-0.1, -0.05) is 5.16 Å². The third kappa shape index (κ3) is 3.09. The molecule has 0 amide bonds. The van der Waals surface area contributed by atoms with Crippen molar-refractivity contribution < 1.29 is 14.4 Å². The van der Waals surface area contributed by atoms with Gasteiger partial charge in [-0.15, -0.1) is 0 Å². The molecular formula is C16H17N5O5. The fourth-order valence-electron chi connectivity index (χ4n) is 3.33. The van der Waals surface area contributed by atoms with Crippen LogP contribution in [-0.2, 0) is 0 Å². The fraction of sp³-hybridized carbons (Fsp3) is 0.500. The standard InChI is InChI=1S/C16H17N5O5/c22-20(23)12-3-4-13(14(9-12)21(24)25)19-7-5-10(6-8-19)15-17-16(26-18-15)11-1-2-11/h3-4,9-11H,1-2,5-8H2. The summed E-state index contributed by atoms with van der Waals surface area (Å²) in [6, 6.07) is 3.77. The number of nitro groups is 2. The molecule has 0 bridgehead atoms. The first-order valence-corrected chi connectivity index (χ1v) is 8.54. The number of nitrogens with zero attached hydrogens (tertiary/aromatic N) is 5. The molecule has 0 N–H and O–H groups in total. The molecule has 1 aromatic carbocycles. The Morgan fingerprint density at radius 2 is 1.77 bits per heavy atom. The molecule has 2 fully saturated rings. The van der Waals surface area contributed by atoms with Gasteiger partial charge in [0.1, 0.15) is 5.69 Å². The number of benzene rings is 1. The second kappa shape index (κ2) is 6.36. The van der Waals surface area contributed by atoms with Gasteiger partial charge in [-0.25, -0.2) is 0 Å². The van der Waals surface area contributed by atoms with E-state index in [1.165, 1.54) is 12.1 Å². The highest BCUT2D eigenvalue weighted by Gasteiger charge is 2.33. The van der Waals surface area contributed by atoms with Gasteiger partial charge in [0, 0.05) is 31.0 Å². The molecule has 1 saturated carbocycles. The van der Waals surface area contributed by atoms with Gasteiger partial charge in [0.25, 0.3) is 11.4 Å². The van der Waals surface area contributed by atoms with Crippen molar-refractivity contribution in [3.63, 3.8) is 0 Å². The Kier molecular flexibility index (Phi) is 4.02. The van der Waals surface area contributed by atoms with Crippen molar-refractivity contribution in [2.45, 2.75) is 37.5 Å². The Balaban J connectivity index is 1.48. The zero-order chi connectivity index (χ0) is 18.3. The first-order valence-electron chi connectivity index (χ1n) is 8.54. The predicted octanol–water partition coefficient (Wildman–Crippen LogP) is 3.15. The Morgan fingerprint density at radius 3 is 2.38 bits per heavy atom. The molecule has 1 aromatic heterocycles. The van der Waals surface area contributed by atoms with Crippen LogP contribution in [0.3, 0.4) is 0 Å². The average Bonchev–Trinajstić information content (AvgIpc) is 3.38. The smallest absolute Gasteiger partial charge is 0.299 e.